The molecule has 2 N–H and O–H groups in total. The van der Waals surface area contributed by atoms with Gasteiger partial charge in [0.15, 0.2) is 0 Å². The topological polar surface area (TPSA) is 78.5 Å². The average molecular weight is 247 g/mol. The van der Waals surface area contributed by atoms with Gasteiger partial charge in [-0.15, -0.1) is 0 Å². The van der Waals surface area contributed by atoms with Crippen molar-refractivity contribution in [2.75, 3.05) is 12.4 Å². The van der Waals surface area contributed by atoms with Crippen LogP contribution in [0.25, 0.3) is 0 Å². The molecule has 94 valence electrons. The molecule has 1 aromatic rings. The van der Waals surface area contributed by atoms with E-state index in [2.05, 4.69) is 10.7 Å². The summed E-state index contributed by atoms with van der Waals surface area (Å²) in [6.07, 6.45) is -0.149. The van der Waals surface area contributed by atoms with E-state index in [1.807, 2.05) is 6.07 Å². The summed E-state index contributed by atoms with van der Waals surface area (Å²) < 4.78 is 0. The summed E-state index contributed by atoms with van der Waals surface area (Å²) >= 11 is 0. The first kappa shape index (κ1) is 12.1. The van der Waals surface area contributed by atoms with Gasteiger partial charge in [-0.25, -0.2) is 0 Å². The number of para-hydroxylation sites is 1. The fraction of sp³-hybridized carbons (Fsp3) is 0.250. The molecule has 1 fully saturated rings. The highest BCUT2D eigenvalue weighted by atomic mass is 16.2. The van der Waals surface area contributed by atoms with Gasteiger partial charge in [-0.3, -0.25) is 24.8 Å². The Labute approximate surface area is 104 Å². The van der Waals surface area contributed by atoms with Crippen molar-refractivity contribution in [1.29, 1.82) is 0 Å². The third-order valence-electron chi connectivity index (χ3n) is 2.67. The molecule has 18 heavy (non-hydrogen) atoms. The molecule has 6 heteroatoms. The first-order valence-corrected chi connectivity index (χ1v) is 5.51. The summed E-state index contributed by atoms with van der Waals surface area (Å²) in [6.45, 7) is 0. The van der Waals surface area contributed by atoms with Crippen molar-refractivity contribution in [3.05, 3.63) is 30.3 Å². The second-order valence-electron chi connectivity index (χ2n) is 4.04. The number of hydrazine groups is 1. The van der Waals surface area contributed by atoms with Crippen LogP contribution in [0.3, 0.4) is 0 Å². The zero-order chi connectivity index (χ0) is 13.1. The van der Waals surface area contributed by atoms with Gasteiger partial charge in [-0.2, -0.15) is 0 Å². The maximum atomic E-state index is 11.7. The molecule has 1 aliphatic heterocycles. The van der Waals surface area contributed by atoms with Crippen LogP contribution in [0.4, 0.5) is 5.69 Å². The standard InChI is InChI=1S/C12H13N3O3/c1-15-12(18)9(11(17)14-15)7-10(16)13-8-5-3-2-4-6-8/h2-6,9H,7H2,1H3,(H,13,16)(H,14,17). The van der Waals surface area contributed by atoms with Crippen molar-refractivity contribution in [3.8, 4) is 0 Å². The van der Waals surface area contributed by atoms with Crippen LogP contribution < -0.4 is 10.7 Å². The monoisotopic (exact) mass is 247 g/mol. The highest BCUT2D eigenvalue weighted by Crippen LogP contribution is 2.14. The van der Waals surface area contributed by atoms with E-state index in [0.717, 1.165) is 5.01 Å². The van der Waals surface area contributed by atoms with E-state index >= 15 is 0 Å². The van der Waals surface area contributed by atoms with E-state index in [0.29, 0.717) is 5.69 Å². The number of nitrogens with one attached hydrogen (secondary N) is 2. The van der Waals surface area contributed by atoms with Crippen molar-refractivity contribution in [2.24, 2.45) is 5.92 Å². The van der Waals surface area contributed by atoms with E-state index < -0.39 is 11.8 Å². The van der Waals surface area contributed by atoms with Gasteiger partial charge in [0, 0.05) is 19.2 Å². The Balaban J connectivity index is 1.96. The summed E-state index contributed by atoms with van der Waals surface area (Å²) in [4.78, 5) is 34.7. The molecular formula is C12H13N3O3. The van der Waals surface area contributed by atoms with Crippen molar-refractivity contribution >= 4 is 23.4 Å². The van der Waals surface area contributed by atoms with E-state index in [9.17, 15) is 14.4 Å². The number of carbonyl (C=O) groups excluding carboxylic acids is 3. The summed E-state index contributed by atoms with van der Waals surface area (Å²) in [7, 11) is 1.45. The predicted octanol–water partition coefficient (Wildman–Crippen LogP) is 0.135. The van der Waals surface area contributed by atoms with Crippen molar-refractivity contribution in [2.45, 2.75) is 6.42 Å². The Kier molecular flexibility index (Phi) is 3.27. The molecule has 0 radical (unpaired) electrons. The van der Waals surface area contributed by atoms with E-state index in [1.54, 1.807) is 24.3 Å². The van der Waals surface area contributed by atoms with Crippen LogP contribution in [0.15, 0.2) is 30.3 Å². The van der Waals surface area contributed by atoms with Crippen molar-refractivity contribution < 1.29 is 14.4 Å². The smallest absolute Gasteiger partial charge is 0.253 e. The molecule has 3 amide bonds. The molecule has 1 unspecified atom stereocenters. The van der Waals surface area contributed by atoms with Gasteiger partial charge in [0.05, 0.1) is 0 Å². The SMILES string of the molecule is CN1NC(=O)C(CC(=O)Nc2ccccc2)C1=O. The van der Waals surface area contributed by atoms with Gasteiger partial charge in [-0.1, -0.05) is 18.2 Å². The number of anilines is 1. The maximum Gasteiger partial charge on any atom is 0.253 e. The molecule has 1 aliphatic rings. The number of hydrogen-bond acceptors (Lipinski definition) is 3. The quantitative estimate of drug-likeness (QED) is 0.745. The average Bonchev–Trinajstić information content (AvgIpc) is 2.57. The number of hydrogen-bond donors (Lipinski definition) is 2. The molecular weight excluding hydrogens is 234 g/mol. The molecule has 0 aliphatic carbocycles. The minimum absolute atomic E-state index is 0.149. The van der Waals surface area contributed by atoms with Crippen molar-refractivity contribution in [1.82, 2.24) is 10.4 Å². The lowest BCUT2D eigenvalue weighted by molar-refractivity contribution is -0.134. The first-order chi connectivity index (χ1) is 8.58. The lowest BCUT2D eigenvalue weighted by Crippen LogP contribution is -2.31. The van der Waals surface area contributed by atoms with Crippen LogP contribution in [0.2, 0.25) is 0 Å². The third-order valence-corrected chi connectivity index (χ3v) is 2.67. The van der Waals surface area contributed by atoms with Gasteiger partial charge >= 0.3 is 0 Å². The largest absolute Gasteiger partial charge is 0.326 e. The Bertz CT molecular complexity index is 487. The molecule has 2 rings (SSSR count). The lowest BCUT2D eigenvalue weighted by atomic mass is 10.0. The summed E-state index contributed by atoms with van der Waals surface area (Å²) in [5, 5.41) is 3.74. The van der Waals surface area contributed by atoms with E-state index in [1.165, 1.54) is 7.05 Å². The predicted molar refractivity (Wildman–Crippen MR) is 64.1 cm³/mol. The third kappa shape index (κ3) is 2.48. The minimum Gasteiger partial charge on any atom is -0.326 e. The van der Waals surface area contributed by atoms with Gasteiger partial charge in [0.25, 0.3) is 11.8 Å². The zero-order valence-corrected chi connectivity index (χ0v) is 9.84. The normalized spacial score (nSPS) is 18.7. The van der Waals surface area contributed by atoms with Crippen LogP contribution in [0.1, 0.15) is 6.42 Å². The summed E-state index contributed by atoms with van der Waals surface area (Å²) in [5.74, 6) is -2.11. The van der Waals surface area contributed by atoms with Gasteiger partial charge in [0.1, 0.15) is 5.92 Å². The fourth-order valence-electron chi connectivity index (χ4n) is 1.74. The van der Waals surface area contributed by atoms with E-state index in [-0.39, 0.29) is 18.2 Å². The van der Waals surface area contributed by atoms with Gasteiger partial charge < -0.3 is 5.32 Å². The minimum atomic E-state index is -0.932. The molecule has 0 bridgehead atoms. The Morgan fingerprint density at radius 3 is 2.56 bits per heavy atom. The lowest BCUT2D eigenvalue weighted by Gasteiger charge is -2.07. The number of nitrogens with zero attached hydrogens (tertiary/aromatic N) is 1. The summed E-state index contributed by atoms with van der Waals surface area (Å²) in [5.41, 5.74) is 2.99. The molecule has 1 heterocycles. The van der Waals surface area contributed by atoms with Crippen LogP contribution >= 0.6 is 0 Å². The van der Waals surface area contributed by atoms with Gasteiger partial charge in [-0.05, 0) is 12.1 Å². The number of amides is 3. The van der Waals surface area contributed by atoms with Crippen LogP contribution in [0.5, 0.6) is 0 Å². The Morgan fingerprint density at radius 2 is 2.00 bits per heavy atom. The van der Waals surface area contributed by atoms with Crippen LogP contribution in [-0.2, 0) is 14.4 Å². The second-order valence-corrected chi connectivity index (χ2v) is 4.04. The molecule has 1 atom stereocenters. The fourth-order valence-corrected chi connectivity index (χ4v) is 1.74. The molecule has 0 spiro atoms. The highest BCUT2D eigenvalue weighted by molar-refractivity contribution is 6.08. The molecule has 1 saturated heterocycles. The van der Waals surface area contributed by atoms with Crippen LogP contribution in [-0.4, -0.2) is 29.8 Å². The van der Waals surface area contributed by atoms with E-state index in [4.69, 9.17) is 0 Å². The summed E-state index contributed by atoms with van der Waals surface area (Å²) in [6, 6.07) is 8.88. The molecule has 1 aromatic carbocycles. The highest BCUT2D eigenvalue weighted by Gasteiger charge is 2.38. The number of rotatable bonds is 3. The second kappa shape index (κ2) is 4.87. The van der Waals surface area contributed by atoms with Crippen LogP contribution in [0, 0.1) is 5.92 Å². The maximum absolute atomic E-state index is 11.7. The molecule has 0 saturated carbocycles. The van der Waals surface area contributed by atoms with Gasteiger partial charge in [0.2, 0.25) is 5.91 Å². The van der Waals surface area contributed by atoms with Crippen molar-refractivity contribution in [3.63, 3.8) is 0 Å². The molecule has 0 aromatic heterocycles. The Hall–Kier alpha value is -2.37. The molecule has 6 nitrogen and oxygen atoms in total. The Morgan fingerprint density at radius 1 is 1.33 bits per heavy atom. The zero-order valence-electron chi connectivity index (χ0n) is 9.84. The number of benzene rings is 1. The number of carbonyl (C=O) groups is 3. The first-order valence-electron chi connectivity index (χ1n) is 5.51.